The summed E-state index contributed by atoms with van der Waals surface area (Å²) in [6, 6.07) is 0. The minimum Gasteiger partial charge on any atom is -0.398 e. The van der Waals surface area contributed by atoms with Crippen LogP contribution in [0.1, 0.15) is 22.3 Å². The molecule has 0 amide bonds. The molecule has 0 atom stereocenters. The van der Waals surface area contributed by atoms with Crippen LogP contribution in [0.3, 0.4) is 0 Å². The van der Waals surface area contributed by atoms with Crippen LogP contribution >= 0.6 is 0 Å². The molecule has 0 saturated heterocycles. The molecule has 0 bridgehead atoms. The maximum atomic E-state index is 12.6. The first-order valence-corrected chi connectivity index (χ1v) is 6.22. The molecule has 0 saturated carbocycles. The van der Waals surface area contributed by atoms with Crippen LogP contribution in [0.25, 0.3) is 0 Å². The fourth-order valence-electron chi connectivity index (χ4n) is 1.80. The first-order chi connectivity index (χ1) is 7.69. The van der Waals surface area contributed by atoms with Crippen molar-refractivity contribution in [1.29, 1.82) is 0 Å². The maximum absolute atomic E-state index is 12.6. The van der Waals surface area contributed by atoms with Crippen molar-refractivity contribution in [1.82, 2.24) is 0 Å². The van der Waals surface area contributed by atoms with Crippen molar-refractivity contribution in [3.05, 3.63) is 22.3 Å². The quantitative estimate of drug-likeness (QED) is 0.631. The van der Waals surface area contributed by atoms with Gasteiger partial charge in [-0.1, -0.05) is 3.89 Å². The number of nitrogens with two attached hydrogens (primary N) is 2. The molecule has 0 fully saturated rings. The van der Waals surface area contributed by atoms with Crippen LogP contribution in [0.15, 0.2) is 0 Å². The van der Waals surface area contributed by atoms with E-state index >= 15 is 0 Å². The van der Waals surface area contributed by atoms with Gasteiger partial charge in [0.1, 0.15) is 0 Å². The summed E-state index contributed by atoms with van der Waals surface area (Å²) >= 11 is 0. The Labute approximate surface area is 100.0 Å². The maximum Gasteiger partial charge on any atom is 0.488 e. The topological polar surface area (TPSA) is 95.4 Å². The molecule has 7 heteroatoms. The van der Waals surface area contributed by atoms with Gasteiger partial charge in [0.25, 0.3) is 0 Å². The number of rotatable bonds is 3. The molecule has 0 spiro atoms. The first-order valence-electron chi connectivity index (χ1n) is 4.91. The van der Waals surface area contributed by atoms with Crippen LogP contribution in [-0.4, -0.2) is 8.42 Å². The van der Waals surface area contributed by atoms with Gasteiger partial charge in [0.05, 0.1) is 0 Å². The van der Waals surface area contributed by atoms with Crippen molar-refractivity contribution >= 4 is 16.2 Å². The molecule has 0 aliphatic heterocycles. The van der Waals surface area contributed by atoms with Gasteiger partial charge in [0, 0.05) is 17.8 Å². The zero-order valence-corrected chi connectivity index (χ0v) is 10.7. The van der Waals surface area contributed by atoms with Gasteiger partial charge in [-0.25, -0.2) is 0 Å². The molecule has 0 heterocycles. The summed E-state index contributed by atoms with van der Waals surface area (Å²) in [5.41, 5.74) is 14.0. The highest BCUT2D eigenvalue weighted by molar-refractivity contribution is 7.81. The predicted molar refractivity (Wildman–Crippen MR) is 63.6 cm³/mol. The van der Waals surface area contributed by atoms with Crippen LogP contribution in [0.4, 0.5) is 9.57 Å². The highest BCUT2D eigenvalue weighted by Gasteiger charge is 2.20. The van der Waals surface area contributed by atoms with E-state index in [1.165, 1.54) is 0 Å². The Morgan fingerprint density at radius 2 is 1.71 bits per heavy atom. The van der Waals surface area contributed by atoms with E-state index in [2.05, 4.69) is 4.18 Å². The van der Waals surface area contributed by atoms with E-state index in [9.17, 15) is 12.3 Å². The smallest absolute Gasteiger partial charge is 0.398 e. The molecule has 5 nitrogen and oxygen atoms in total. The summed E-state index contributed by atoms with van der Waals surface area (Å²) in [4.78, 5) is 0. The lowest BCUT2D eigenvalue weighted by atomic mass is 9.96. The van der Waals surface area contributed by atoms with E-state index in [4.69, 9.17) is 11.5 Å². The van der Waals surface area contributed by atoms with E-state index in [-0.39, 0.29) is 12.3 Å². The molecular weight excluding hydrogens is 247 g/mol. The Balaban J connectivity index is 3.56. The lowest BCUT2D eigenvalue weighted by Gasteiger charge is -2.17. The molecule has 0 aliphatic carbocycles. The fraction of sp³-hybridized carbons (Fsp3) is 0.400. The number of halogens is 1. The fourth-order valence-corrected chi connectivity index (χ4v) is 2.25. The second-order valence-electron chi connectivity index (χ2n) is 3.78. The second kappa shape index (κ2) is 4.50. The molecule has 0 aliphatic rings. The van der Waals surface area contributed by atoms with Crippen molar-refractivity contribution in [2.45, 2.75) is 27.3 Å². The first kappa shape index (κ1) is 13.7. The van der Waals surface area contributed by atoms with E-state index in [1.807, 2.05) is 0 Å². The van der Waals surface area contributed by atoms with Crippen molar-refractivity contribution in [2.24, 2.45) is 5.73 Å². The standard InChI is InChI=1S/C10H15FN2O3S/c1-5-8(4-12)6(2)10(7(3)9(5)13)16-17(11,14)15/h4,12-13H2,1-3H3. The minimum absolute atomic E-state index is 0.0870. The van der Waals surface area contributed by atoms with Gasteiger partial charge >= 0.3 is 10.5 Å². The molecule has 0 aromatic heterocycles. The lowest BCUT2D eigenvalue weighted by molar-refractivity contribution is 0.437. The molecule has 1 aromatic carbocycles. The Morgan fingerprint density at radius 1 is 1.18 bits per heavy atom. The molecule has 17 heavy (non-hydrogen) atoms. The molecule has 1 rings (SSSR count). The average Bonchev–Trinajstić information content (AvgIpc) is 2.21. The van der Waals surface area contributed by atoms with Gasteiger partial charge in [-0.15, -0.1) is 0 Å². The molecule has 4 N–H and O–H groups in total. The number of anilines is 1. The van der Waals surface area contributed by atoms with Crippen molar-refractivity contribution in [2.75, 3.05) is 5.73 Å². The summed E-state index contributed by atoms with van der Waals surface area (Å²) in [7, 11) is -5.07. The van der Waals surface area contributed by atoms with E-state index in [0.29, 0.717) is 22.4 Å². The summed E-state index contributed by atoms with van der Waals surface area (Å²) < 4.78 is 38.0. The SMILES string of the molecule is Cc1c(N)c(C)c(OS(=O)(=O)F)c(C)c1CN. The van der Waals surface area contributed by atoms with Crippen molar-refractivity contribution in [3.8, 4) is 5.75 Å². The van der Waals surface area contributed by atoms with Gasteiger partial charge in [-0.3, -0.25) is 0 Å². The van der Waals surface area contributed by atoms with Gasteiger partial charge in [-0.2, -0.15) is 8.42 Å². The summed E-state index contributed by atoms with van der Waals surface area (Å²) in [6.07, 6.45) is 0. The minimum atomic E-state index is -5.07. The highest BCUT2D eigenvalue weighted by Crippen LogP contribution is 2.35. The summed E-state index contributed by atoms with van der Waals surface area (Å²) in [5.74, 6) is -0.0870. The third-order valence-corrected chi connectivity index (χ3v) is 3.15. The zero-order valence-electron chi connectivity index (χ0n) is 9.87. The third kappa shape index (κ3) is 2.67. The Hall–Kier alpha value is -1.34. The molecule has 1 aromatic rings. The van der Waals surface area contributed by atoms with Gasteiger partial charge in [0.2, 0.25) is 0 Å². The number of hydrogen-bond acceptors (Lipinski definition) is 5. The molecular formula is C10H15FN2O3S. The van der Waals surface area contributed by atoms with Gasteiger partial charge in [-0.05, 0) is 37.5 Å². The van der Waals surface area contributed by atoms with Crippen LogP contribution < -0.4 is 15.7 Å². The normalized spacial score (nSPS) is 11.6. The number of nitrogen functional groups attached to an aromatic ring is 1. The zero-order chi connectivity index (χ0) is 13.4. The Kier molecular flexibility index (Phi) is 3.63. The van der Waals surface area contributed by atoms with Crippen molar-refractivity contribution in [3.63, 3.8) is 0 Å². The summed E-state index contributed by atoms with van der Waals surface area (Å²) in [5, 5.41) is 0. The van der Waals surface area contributed by atoms with Crippen LogP contribution in [0, 0.1) is 20.8 Å². The van der Waals surface area contributed by atoms with Crippen molar-refractivity contribution < 1.29 is 16.5 Å². The van der Waals surface area contributed by atoms with Crippen LogP contribution in [-0.2, 0) is 17.0 Å². The average molecular weight is 262 g/mol. The van der Waals surface area contributed by atoms with E-state index in [0.717, 1.165) is 5.56 Å². The monoisotopic (exact) mass is 262 g/mol. The number of hydrogen-bond donors (Lipinski definition) is 2. The molecule has 0 radical (unpaired) electrons. The van der Waals surface area contributed by atoms with Gasteiger partial charge < -0.3 is 15.7 Å². The Morgan fingerprint density at radius 3 is 2.12 bits per heavy atom. The Bertz CT molecular complexity index is 555. The van der Waals surface area contributed by atoms with Crippen LogP contribution in [0.5, 0.6) is 5.75 Å². The third-order valence-electron chi connectivity index (χ3n) is 2.78. The largest absolute Gasteiger partial charge is 0.488 e. The predicted octanol–water partition coefficient (Wildman–Crippen LogP) is 1.25. The van der Waals surface area contributed by atoms with Gasteiger partial charge in [0.15, 0.2) is 5.75 Å². The highest BCUT2D eigenvalue weighted by atomic mass is 32.3. The molecule has 0 unspecified atom stereocenters. The summed E-state index contributed by atoms with van der Waals surface area (Å²) in [6.45, 7) is 5.12. The molecule has 96 valence electrons. The second-order valence-corrected chi connectivity index (χ2v) is 4.73. The number of benzene rings is 1. The van der Waals surface area contributed by atoms with Crippen LogP contribution in [0.2, 0.25) is 0 Å². The van der Waals surface area contributed by atoms with E-state index in [1.54, 1.807) is 20.8 Å². The van der Waals surface area contributed by atoms with E-state index < -0.39 is 10.5 Å². The lowest BCUT2D eigenvalue weighted by Crippen LogP contribution is -2.11.